The van der Waals surface area contributed by atoms with E-state index in [1.54, 1.807) is 11.0 Å². The number of carbonyl (C=O) groups is 1. The lowest BCUT2D eigenvalue weighted by molar-refractivity contribution is 0.0662. The van der Waals surface area contributed by atoms with Crippen LogP contribution in [0.1, 0.15) is 35.7 Å². The first-order valence-corrected chi connectivity index (χ1v) is 6.80. The zero-order chi connectivity index (χ0) is 14.0. The Morgan fingerprint density at radius 1 is 1.42 bits per heavy atom. The molecule has 2 rings (SSSR count). The third-order valence-corrected chi connectivity index (χ3v) is 4.35. The smallest absolute Gasteiger partial charge is 0.255 e. The lowest BCUT2D eigenvalue weighted by Crippen LogP contribution is -2.41. The molecule has 1 heterocycles. The van der Waals surface area contributed by atoms with Crippen molar-refractivity contribution >= 4 is 17.5 Å². The van der Waals surface area contributed by atoms with Crippen molar-refractivity contribution in [1.82, 2.24) is 4.90 Å². The Hall–Kier alpha value is -1.53. The standard InChI is InChI=1S/C15H17ClN2O/c1-11-4-3-5-12(13(11)16)14(19)18-8-6-15(2,10-17)7-9-18/h3-5H,6-9H2,1-2H3. The van der Waals surface area contributed by atoms with E-state index < -0.39 is 0 Å². The van der Waals surface area contributed by atoms with Gasteiger partial charge in [-0.2, -0.15) is 5.26 Å². The van der Waals surface area contributed by atoms with Gasteiger partial charge in [0.05, 0.1) is 22.1 Å². The minimum atomic E-state index is -0.298. The molecule has 19 heavy (non-hydrogen) atoms. The summed E-state index contributed by atoms with van der Waals surface area (Å²) < 4.78 is 0. The van der Waals surface area contributed by atoms with Gasteiger partial charge in [0, 0.05) is 13.1 Å². The number of halogens is 1. The number of nitriles is 1. The number of aryl methyl sites for hydroxylation is 1. The Kier molecular flexibility index (Phi) is 3.82. The molecular formula is C15H17ClN2O. The summed E-state index contributed by atoms with van der Waals surface area (Å²) >= 11 is 6.19. The van der Waals surface area contributed by atoms with Gasteiger partial charge in [-0.15, -0.1) is 0 Å². The lowest BCUT2D eigenvalue weighted by atomic mass is 9.82. The number of hydrogen-bond acceptors (Lipinski definition) is 2. The van der Waals surface area contributed by atoms with Crippen molar-refractivity contribution in [3.05, 3.63) is 34.3 Å². The van der Waals surface area contributed by atoms with Crippen molar-refractivity contribution in [2.45, 2.75) is 26.7 Å². The quantitative estimate of drug-likeness (QED) is 0.789. The van der Waals surface area contributed by atoms with E-state index in [0.29, 0.717) is 23.7 Å². The van der Waals surface area contributed by atoms with Gasteiger partial charge < -0.3 is 4.90 Å². The highest BCUT2D eigenvalue weighted by atomic mass is 35.5. The van der Waals surface area contributed by atoms with Crippen molar-refractivity contribution in [3.8, 4) is 6.07 Å². The Labute approximate surface area is 118 Å². The number of piperidine rings is 1. The Balaban J connectivity index is 2.15. The fraction of sp³-hybridized carbons (Fsp3) is 0.467. The maximum atomic E-state index is 12.4. The summed E-state index contributed by atoms with van der Waals surface area (Å²) in [4.78, 5) is 14.2. The molecule has 0 radical (unpaired) electrons. The highest BCUT2D eigenvalue weighted by Crippen LogP contribution is 2.31. The molecule has 3 nitrogen and oxygen atoms in total. The number of amides is 1. The molecule has 1 fully saturated rings. The van der Waals surface area contributed by atoms with Crippen molar-refractivity contribution < 1.29 is 4.79 Å². The summed E-state index contributed by atoms with van der Waals surface area (Å²) in [7, 11) is 0. The predicted molar refractivity (Wildman–Crippen MR) is 75.0 cm³/mol. The summed E-state index contributed by atoms with van der Waals surface area (Å²) in [6.45, 7) is 5.08. The van der Waals surface area contributed by atoms with E-state index in [1.165, 1.54) is 0 Å². The number of nitrogens with zero attached hydrogens (tertiary/aromatic N) is 2. The number of benzene rings is 1. The van der Waals surface area contributed by atoms with Crippen LogP contribution in [0.25, 0.3) is 0 Å². The summed E-state index contributed by atoms with van der Waals surface area (Å²) in [6.07, 6.45) is 1.44. The van der Waals surface area contributed by atoms with Gasteiger partial charge in [-0.25, -0.2) is 0 Å². The number of likely N-dealkylation sites (tertiary alicyclic amines) is 1. The fourth-order valence-electron chi connectivity index (χ4n) is 2.30. The maximum Gasteiger partial charge on any atom is 0.255 e. The molecule has 0 aromatic heterocycles. The zero-order valence-electron chi connectivity index (χ0n) is 11.2. The third-order valence-electron chi connectivity index (χ3n) is 3.85. The number of hydrogen-bond donors (Lipinski definition) is 0. The van der Waals surface area contributed by atoms with Crippen molar-refractivity contribution in [3.63, 3.8) is 0 Å². The van der Waals surface area contributed by atoms with Crippen molar-refractivity contribution in [1.29, 1.82) is 5.26 Å². The van der Waals surface area contributed by atoms with Crippen LogP contribution in [0.5, 0.6) is 0 Å². The second-order valence-electron chi connectivity index (χ2n) is 5.40. The average molecular weight is 277 g/mol. The van der Waals surface area contributed by atoms with Crippen LogP contribution in [-0.4, -0.2) is 23.9 Å². The molecule has 0 N–H and O–H groups in total. The molecule has 1 aromatic carbocycles. The van der Waals surface area contributed by atoms with Gasteiger partial charge in [0.25, 0.3) is 5.91 Å². The Morgan fingerprint density at radius 3 is 2.63 bits per heavy atom. The summed E-state index contributed by atoms with van der Waals surface area (Å²) in [5.41, 5.74) is 1.17. The second-order valence-corrected chi connectivity index (χ2v) is 5.78. The normalized spacial score (nSPS) is 17.9. The van der Waals surface area contributed by atoms with Gasteiger partial charge in [-0.05, 0) is 38.3 Å². The topological polar surface area (TPSA) is 44.1 Å². The third kappa shape index (κ3) is 2.74. The average Bonchev–Trinajstić information content (AvgIpc) is 2.42. The van der Waals surface area contributed by atoms with Crippen LogP contribution < -0.4 is 0 Å². The van der Waals surface area contributed by atoms with Crippen LogP contribution in [0, 0.1) is 23.7 Å². The van der Waals surface area contributed by atoms with Gasteiger partial charge in [0.15, 0.2) is 0 Å². The first-order valence-electron chi connectivity index (χ1n) is 6.42. The van der Waals surface area contributed by atoms with E-state index in [4.69, 9.17) is 16.9 Å². The molecule has 4 heteroatoms. The minimum absolute atomic E-state index is 0.0336. The van der Waals surface area contributed by atoms with E-state index >= 15 is 0 Å². The molecule has 1 aliphatic heterocycles. The van der Waals surface area contributed by atoms with Gasteiger partial charge >= 0.3 is 0 Å². The van der Waals surface area contributed by atoms with Crippen molar-refractivity contribution in [2.24, 2.45) is 5.41 Å². The summed E-state index contributed by atoms with van der Waals surface area (Å²) in [5.74, 6) is -0.0336. The van der Waals surface area contributed by atoms with Crippen LogP contribution in [0.2, 0.25) is 5.02 Å². The highest BCUT2D eigenvalue weighted by Gasteiger charge is 2.32. The van der Waals surface area contributed by atoms with Crippen molar-refractivity contribution in [2.75, 3.05) is 13.1 Å². The second kappa shape index (κ2) is 5.22. The molecule has 1 saturated heterocycles. The Bertz CT molecular complexity index is 540. The summed E-state index contributed by atoms with van der Waals surface area (Å²) in [5, 5.41) is 9.63. The molecule has 1 aromatic rings. The first kappa shape index (κ1) is 13.9. The SMILES string of the molecule is Cc1cccc(C(=O)N2CCC(C)(C#N)CC2)c1Cl. The molecule has 0 aliphatic carbocycles. The molecule has 0 saturated carbocycles. The molecular weight excluding hydrogens is 260 g/mol. The van der Waals surface area contributed by atoms with Crippen LogP contribution >= 0.6 is 11.6 Å². The first-order chi connectivity index (χ1) is 8.97. The summed E-state index contributed by atoms with van der Waals surface area (Å²) in [6, 6.07) is 7.83. The van der Waals surface area contributed by atoms with E-state index in [2.05, 4.69) is 6.07 Å². The van der Waals surface area contributed by atoms with E-state index in [0.717, 1.165) is 18.4 Å². The van der Waals surface area contributed by atoms with Gasteiger partial charge in [-0.3, -0.25) is 4.79 Å². The Morgan fingerprint density at radius 2 is 2.05 bits per heavy atom. The lowest BCUT2D eigenvalue weighted by Gasteiger charge is -2.35. The van der Waals surface area contributed by atoms with E-state index in [9.17, 15) is 4.79 Å². The van der Waals surface area contributed by atoms with E-state index in [1.807, 2.05) is 26.0 Å². The largest absolute Gasteiger partial charge is 0.338 e. The van der Waals surface area contributed by atoms with E-state index in [-0.39, 0.29) is 11.3 Å². The van der Waals surface area contributed by atoms with Crippen LogP contribution in [0.15, 0.2) is 18.2 Å². The van der Waals surface area contributed by atoms with Crippen LogP contribution in [0.4, 0.5) is 0 Å². The maximum absolute atomic E-state index is 12.4. The van der Waals surface area contributed by atoms with Gasteiger partial charge in [0.2, 0.25) is 0 Å². The minimum Gasteiger partial charge on any atom is -0.338 e. The van der Waals surface area contributed by atoms with Crippen LogP contribution in [-0.2, 0) is 0 Å². The number of carbonyl (C=O) groups excluding carboxylic acids is 1. The predicted octanol–water partition coefficient (Wildman–Crippen LogP) is 3.41. The molecule has 0 atom stereocenters. The molecule has 0 spiro atoms. The zero-order valence-corrected chi connectivity index (χ0v) is 12.0. The fourth-order valence-corrected chi connectivity index (χ4v) is 2.50. The molecule has 1 aliphatic rings. The van der Waals surface area contributed by atoms with Gasteiger partial charge in [-0.1, -0.05) is 23.7 Å². The molecule has 0 bridgehead atoms. The van der Waals surface area contributed by atoms with Crippen LogP contribution in [0.3, 0.4) is 0 Å². The molecule has 100 valence electrons. The highest BCUT2D eigenvalue weighted by molar-refractivity contribution is 6.34. The van der Waals surface area contributed by atoms with Gasteiger partial charge in [0.1, 0.15) is 0 Å². The monoisotopic (exact) mass is 276 g/mol. The number of rotatable bonds is 1. The molecule has 1 amide bonds. The molecule has 0 unspecified atom stereocenters.